The number of ether oxygens (including phenoxy) is 1. The van der Waals surface area contributed by atoms with E-state index in [9.17, 15) is 15.3 Å². The van der Waals surface area contributed by atoms with Crippen LogP contribution in [0.4, 0.5) is 0 Å². The van der Waals surface area contributed by atoms with Crippen molar-refractivity contribution in [3.63, 3.8) is 0 Å². The molecule has 0 radical (unpaired) electrons. The second-order valence-corrected chi connectivity index (χ2v) is 7.72. The van der Waals surface area contributed by atoms with E-state index in [0.29, 0.717) is 11.2 Å². The summed E-state index contributed by atoms with van der Waals surface area (Å²) in [5, 5.41) is 33.0. The monoisotopic (exact) mass is 381 g/mol. The zero-order chi connectivity index (χ0) is 19.4. The summed E-state index contributed by atoms with van der Waals surface area (Å²) < 4.78 is 7.65. The van der Waals surface area contributed by atoms with Gasteiger partial charge in [-0.25, -0.2) is 9.97 Å². The molecular formula is C21H23N3O4. The lowest BCUT2D eigenvalue weighted by atomic mass is 9.96. The van der Waals surface area contributed by atoms with E-state index < -0.39 is 30.6 Å². The van der Waals surface area contributed by atoms with E-state index in [1.165, 1.54) is 17.5 Å². The minimum atomic E-state index is -1.21. The first kappa shape index (κ1) is 17.8. The Bertz CT molecular complexity index is 1030. The van der Waals surface area contributed by atoms with E-state index in [1.807, 2.05) is 31.2 Å². The number of hydrogen-bond donors (Lipinski definition) is 3. The third kappa shape index (κ3) is 2.66. The predicted molar refractivity (Wildman–Crippen MR) is 102 cm³/mol. The normalized spacial score (nSPS) is 28.0. The summed E-state index contributed by atoms with van der Waals surface area (Å²) >= 11 is 0. The standard InChI is InChI=1S/C21H23N3O4/c1-11-15-7-8-24(20(15)23-10-22-11)21-18(27)17(26)19(28-21)16(25)14-6-5-12-3-2-4-13(12)9-14/h5-10,16-19,21,25-27H,2-4H2,1H3/t16-,17+,18-,19-,21-/m1/s1. The molecule has 0 unspecified atom stereocenters. The topological polar surface area (TPSA) is 101 Å². The van der Waals surface area contributed by atoms with Crippen LogP contribution in [0.25, 0.3) is 11.0 Å². The van der Waals surface area contributed by atoms with Gasteiger partial charge in [-0.1, -0.05) is 18.2 Å². The summed E-state index contributed by atoms with van der Waals surface area (Å²) in [5.74, 6) is 0. The Morgan fingerprint density at radius 2 is 1.93 bits per heavy atom. The lowest BCUT2D eigenvalue weighted by Crippen LogP contribution is -2.34. The molecule has 1 aliphatic carbocycles. The van der Waals surface area contributed by atoms with Gasteiger partial charge in [0.05, 0.1) is 5.69 Å². The van der Waals surface area contributed by atoms with E-state index in [-0.39, 0.29) is 0 Å². The molecule has 5 rings (SSSR count). The zero-order valence-corrected chi connectivity index (χ0v) is 15.6. The SMILES string of the molecule is Cc1ncnc2c1ccn2[C@@H]1O[C@H]([C@H](O)c2ccc3c(c2)CCC3)[C@@H](O)[C@H]1O. The molecule has 7 heteroatoms. The lowest BCUT2D eigenvalue weighted by Gasteiger charge is -2.22. The maximum atomic E-state index is 10.9. The number of aliphatic hydroxyl groups is 3. The van der Waals surface area contributed by atoms with Crippen molar-refractivity contribution in [1.29, 1.82) is 0 Å². The van der Waals surface area contributed by atoms with E-state index in [0.717, 1.165) is 30.3 Å². The maximum absolute atomic E-state index is 10.9. The van der Waals surface area contributed by atoms with Crippen LogP contribution in [-0.4, -0.2) is 48.2 Å². The van der Waals surface area contributed by atoms with Gasteiger partial charge in [-0.05, 0) is 48.9 Å². The van der Waals surface area contributed by atoms with Gasteiger partial charge >= 0.3 is 0 Å². The van der Waals surface area contributed by atoms with Crippen LogP contribution < -0.4 is 0 Å². The van der Waals surface area contributed by atoms with Crippen molar-refractivity contribution in [3.05, 3.63) is 59.2 Å². The van der Waals surface area contributed by atoms with Gasteiger partial charge in [-0.3, -0.25) is 0 Å². The zero-order valence-electron chi connectivity index (χ0n) is 15.6. The summed E-state index contributed by atoms with van der Waals surface area (Å²) in [5.41, 5.74) is 4.70. The minimum Gasteiger partial charge on any atom is -0.387 e. The smallest absolute Gasteiger partial charge is 0.164 e. The summed E-state index contributed by atoms with van der Waals surface area (Å²) in [6, 6.07) is 7.77. The third-order valence-corrected chi connectivity index (χ3v) is 6.03. The largest absolute Gasteiger partial charge is 0.387 e. The van der Waals surface area contributed by atoms with E-state index in [2.05, 4.69) is 9.97 Å². The van der Waals surface area contributed by atoms with Crippen molar-refractivity contribution in [2.24, 2.45) is 0 Å². The Morgan fingerprint density at radius 1 is 1.11 bits per heavy atom. The molecule has 1 aromatic carbocycles. The van der Waals surface area contributed by atoms with Crippen LogP contribution in [-0.2, 0) is 17.6 Å². The van der Waals surface area contributed by atoms with Crippen molar-refractivity contribution < 1.29 is 20.1 Å². The van der Waals surface area contributed by atoms with Crippen LogP contribution in [0.15, 0.2) is 36.8 Å². The number of hydrogen-bond acceptors (Lipinski definition) is 6. The fourth-order valence-electron chi connectivity index (χ4n) is 4.44. The Morgan fingerprint density at radius 3 is 2.79 bits per heavy atom. The number of aryl methyl sites for hydroxylation is 3. The Hall–Kier alpha value is -2.32. The number of benzene rings is 1. The van der Waals surface area contributed by atoms with Crippen molar-refractivity contribution >= 4 is 11.0 Å². The lowest BCUT2D eigenvalue weighted by molar-refractivity contribution is -0.0848. The molecule has 0 spiro atoms. The molecular weight excluding hydrogens is 358 g/mol. The first-order valence-corrected chi connectivity index (χ1v) is 9.64. The summed E-state index contributed by atoms with van der Waals surface area (Å²) in [6.45, 7) is 1.88. The molecule has 3 heterocycles. The molecule has 0 amide bonds. The van der Waals surface area contributed by atoms with E-state index in [4.69, 9.17) is 4.74 Å². The van der Waals surface area contributed by atoms with Crippen LogP contribution in [0, 0.1) is 6.92 Å². The number of nitrogens with zero attached hydrogens (tertiary/aromatic N) is 3. The van der Waals surface area contributed by atoms with Gasteiger partial charge in [-0.15, -0.1) is 0 Å². The average Bonchev–Trinajstić information content (AvgIpc) is 3.40. The van der Waals surface area contributed by atoms with Gasteiger partial charge in [0.2, 0.25) is 0 Å². The molecule has 1 fully saturated rings. The van der Waals surface area contributed by atoms with Crippen molar-refractivity contribution in [3.8, 4) is 0 Å². The third-order valence-electron chi connectivity index (χ3n) is 6.03. The van der Waals surface area contributed by atoms with Crippen molar-refractivity contribution in [2.45, 2.75) is 56.8 Å². The predicted octanol–water partition coefficient (Wildman–Crippen LogP) is 1.58. The highest BCUT2D eigenvalue weighted by atomic mass is 16.6. The highest BCUT2D eigenvalue weighted by molar-refractivity contribution is 5.78. The summed E-state index contributed by atoms with van der Waals surface area (Å²) in [4.78, 5) is 8.47. The summed E-state index contributed by atoms with van der Waals surface area (Å²) in [6.07, 6.45) is 1.23. The molecule has 3 aromatic rings. The second kappa shape index (κ2) is 6.63. The molecule has 3 N–H and O–H groups in total. The van der Waals surface area contributed by atoms with Gasteiger partial charge in [-0.2, -0.15) is 0 Å². The number of rotatable bonds is 3. The molecule has 2 aliphatic rings. The van der Waals surface area contributed by atoms with Gasteiger partial charge < -0.3 is 24.6 Å². The molecule has 1 saturated heterocycles. The molecule has 146 valence electrons. The van der Waals surface area contributed by atoms with Gasteiger partial charge in [0, 0.05) is 11.6 Å². The Labute approximate surface area is 162 Å². The Balaban J connectivity index is 1.45. The van der Waals surface area contributed by atoms with Gasteiger partial charge in [0.1, 0.15) is 36.4 Å². The van der Waals surface area contributed by atoms with Gasteiger partial charge in [0.15, 0.2) is 6.23 Å². The molecule has 1 aliphatic heterocycles. The average molecular weight is 381 g/mol. The number of aliphatic hydroxyl groups excluding tert-OH is 3. The van der Waals surface area contributed by atoms with Crippen LogP contribution in [0.2, 0.25) is 0 Å². The van der Waals surface area contributed by atoms with E-state index in [1.54, 1.807) is 10.8 Å². The molecule has 0 bridgehead atoms. The molecule has 2 aromatic heterocycles. The van der Waals surface area contributed by atoms with Crippen LogP contribution in [0.3, 0.4) is 0 Å². The number of aromatic nitrogens is 3. The quantitative estimate of drug-likeness (QED) is 0.637. The molecule has 28 heavy (non-hydrogen) atoms. The summed E-state index contributed by atoms with van der Waals surface area (Å²) in [7, 11) is 0. The highest BCUT2D eigenvalue weighted by Crippen LogP contribution is 2.38. The van der Waals surface area contributed by atoms with Crippen LogP contribution >= 0.6 is 0 Å². The minimum absolute atomic E-state index is 0.622. The first-order chi connectivity index (χ1) is 13.5. The van der Waals surface area contributed by atoms with Gasteiger partial charge in [0.25, 0.3) is 0 Å². The second-order valence-electron chi connectivity index (χ2n) is 7.72. The molecule has 5 atom stereocenters. The molecule has 7 nitrogen and oxygen atoms in total. The fourth-order valence-corrected chi connectivity index (χ4v) is 4.44. The van der Waals surface area contributed by atoms with Crippen LogP contribution in [0.1, 0.15) is 41.1 Å². The fraction of sp³-hybridized carbons (Fsp3) is 0.429. The first-order valence-electron chi connectivity index (χ1n) is 9.64. The van der Waals surface area contributed by atoms with Crippen LogP contribution in [0.5, 0.6) is 0 Å². The van der Waals surface area contributed by atoms with Crippen molar-refractivity contribution in [1.82, 2.24) is 14.5 Å². The van der Waals surface area contributed by atoms with Crippen molar-refractivity contribution in [2.75, 3.05) is 0 Å². The van der Waals surface area contributed by atoms with E-state index >= 15 is 0 Å². The number of fused-ring (bicyclic) bond motifs is 2. The molecule has 0 saturated carbocycles. The highest BCUT2D eigenvalue weighted by Gasteiger charge is 2.47. The maximum Gasteiger partial charge on any atom is 0.164 e. The Kier molecular flexibility index (Phi) is 4.21.